The van der Waals surface area contributed by atoms with Crippen LogP contribution in [0.5, 0.6) is 0 Å². The smallest absolute Gasteiger partial charge is 0.312 e. The van der Waals surface area contributed by atoms with Crippen molar-refractivity contribution in [2.24, 2.45) is 11.1 Å². The average molecular weight is 187 g/mol. The summed E-state index contributed by atoms with van der Waals surface area (Å²) < 4.78 is 5.32. The molecule has 1 rings (SSSR count). The van der Waals surface area contributed by atoms with Gasteiger partial charge in [0.05, 0.1) is 11.5 Å². The molecule has 1 aliphatic rings. The van der Waals surface area contributed by atoms with Crippen molar-refractivity contribution in [3.8, 4) is 0 Å². The lowest BCUT2D eigenvalue weighted by Crippen LogP contribution is -2.57. The number of rotatable bonds is 4. The monoisotopic (exact) mass is 187 g/mol. The lowest BCUT2D eigenvalue weighted by atomic mass is 9.62. The third kappa shape index (κ3) is 1.69. The van der Waals surface area contributed by atoms with E-state index in [1.807, 2.05) is 13.8 Å². The Kier molecular flexibility index (Phi) is 2.93. The number of carbonyl (C=O) groups is 1. The molecular formula is C9H17NO3. The van der Waals surface area contributed by atoms with Crippen molar-refractivity contribution in [3.05, 3.63) is 0 Å². The minimum atomic E-state index is -0.782. The van der Waals surface area contributed by atoms with Crippen molar-refractivity contribution in [2.45, 2.75) is 38.8 Å². The van der Waals surface area contributed by atoms with Crippen molar-refractivity contribution < 1.29 is 14.6 Å². The Morgan fingerprint density at radius 1 is 1.77 bits per heavy atom. The first-order valence-corrected chi connectivity index (χ1v) is 4.63. The molecule has 1 aliphatic carbocycles. The largest absolute Gasteiger partial charge is 0.481 e. The van der Waals surface area contributed by atoms with Gasteiger partial charge in [-0.2, -0.15) is 0 Å². The zero-order chi connectivity index (χ0) is 10.1. The van der Waals surface area contributed by atoms with Gasteiger partial charge in [0, 0.05) is 12.6 Å². The Bertz CT molecular complexity index is 199. The van der Waals surface area contributed by atoms with E-state index in [0.29, 0.717) is 19.4 Å². The van der Waals surface area contributed by atoms with E-state index < -0.39 is 11.4 Å². The maximum Gasteiger partial charge on any atom is 0.312 e. The number of ether oxygens (including phenoxy) is 1. The third-order valence-corrected chi connectivity index (χ3v) is 2.87. The number of hydrogen-bond acceptors (Lipinski definition) is 3. The number of nitrogens with two attached hydrogens (primary N) is 1. The molecule has 0 heterocycles. The summed E-state index contributed by atoms with van der Waals surface area (Å²) in [7, 11) is 0. The molecule has 1 saturated carbocycles. The molecule has 0 amide bonds. The topological polar surface area (TPSA) is 72.5 Å². The molecule has 0 aromatic carbocycles. The first-order chi connectivity index (χ1) is 6.03. The Morgan fingerprint density at radius 3 is 2.62 bits per heavy atom. The van der Waals surface area contributed by atoms with Gasteiger partial charge in [0.1, 0.15) is 0 Å². The molecule has 0 bridgehead atoms. The molecule has 0 aliphatic heterocycles. The normalized spacial score (nSPS) is 35.2. The molecule has 3 N–H and O–H groups in total. The molecule has 13 heavy (non-hydrogen) atoms. The van der Waals surface area contributed by atoms with Gasteiger partial charge >= 0.3 is 5.97 Å². The van der Waals surface area contributed by atoms with Crippen LogP contribution in [-0.2, 0) is 9.53 Å². The SMILES string of the molecule is CCOC(C)C1(C(=O)O)CC(N)C1. The van der Waals surface area contributed by atoms with Crippen LogP contribution in [0.25, 0.3) is 0 Å². The van der Waals surface area contributed by atoms with Crippen LogP contribution in [0.2, 0.25) is 0 Å². The number of carboxylic acids is 1. The molecule has 1 atom stereocenters. The van der Waals surface area contributed by atoms with E-state index in [1.54, 1.807) is 0 Å². The Hall–Kier alpha value is -0.610. The Morgan fingerprint density at radius 2 is 2.31 bits per heavy atom. The molecule has 1 unspecified atom stereocenters. The molecule has 0 radical (unpaired) electrons. The van der Waals surface area contributed by atoms with Crippen LogP contribution in [0.15, 0.2) is 0 Å². The maximum absolute atomic E-state index is 11.0. The molecule has 0 aromatic heterocycles. The van der Waals surface area contributed by atoms with Gasteiger partial charge < -0.3 is 15.6 Å². The van der Waals surface area contributed by atoms with Crippen molar-refractivity contribution in [2.75, 3.05) is 6.61 Å². The third-order valence-electron chi connectivity index (χ3n) is 2.87. The van der Waals surface area contributed by atoms with Crippen molar-refractivity contribution in [1.82, 2.24) is 0 Å². The predicted molar refractivity (Wildman–Crippen MR) is 48.4 cm³/mol. The van der Waals surface area contributed by atoms with E-state index >= 15 is 0 Å². The van der Waals surface area contributed by atoms with Gasteiger partial charge in [0.2, 0.25) is 0 Å². The highest BCUT2D eigenvalue weighted by Gasteiger charge is 2.53. The fourth-order valence-corrected chi connectivity index (χ4v) is 1.97. The quantitative estimate of drug-likeness (QED) is 0.676. The summed E-state index contributed by atoms with van der Waals surface area (Å²) >= 11 is 0. The summed E-state index contributed by atoms with van der Waals surface area (Å²) in [4.78, 5) is 11.0. The zero-order valence-electron chi connectivity index (χ0n) is 8.12. The maximum atomic E-state index is 11.0. The highest BCUT2D eigenvalue weighted by Crippen LogP contribution is 2.44. The van der Waals surface area contributed by atoms with Gasteiger partial charge in [0.25, 0.3) is 0 Å². The molecule has 4 nitrogen and oxygen atoms in total. The molecule has 0 aromatic rings. The predicted octanol–water partition coefficient (Wildman–Crippen LogP) is 0.603. The molecular weight excluding hydrogens is 170 g/mol. The first-order valence-electron chi connectivity index (χ1n) is 4.63. The van der Waals surface area contributed by atoms with Crippen molar-refractivity contribution in [1.29, 1.82) is 0 Å². The average Bonchev–Trinajstić information content (AvgIpc) is 1.98. The van der Waals surface area contributed by atoms with Crippen molar-refractivity contribution in [3.63, 3.8) is 0 Å². The molecule has 0 saturated heterocycles. The summed E-state index contributed by atoms with van der Waals surface area (Å²) in [6.45, 7) is 4.22. The second-order valence-electron chi connectivity index (χ2n) is 3.73. The minimum Gasteiger partial charge on any atom is -0.481 e. The summed E-state index contributed by atoms with van der Waals surface area (Å²) in [5, 5.41) is 9.06. The van der Waals surface area contributed by atoms with Crippen LogP contribution in [0.3, 0.4) is 0 Å². The van der Waals surface area contributed by atoms with Crippen LogP contribution in [0.1, 0.15) is 26.7 Å². The Balaban J connectivity index is 2.64. The van der Waals surface area contributed by atoms with Crippen LogP contribution < -0.4 is 5.73 Å². The van der Waals surface area contributed by atoms with Gasteiger partial charge in [-0.15, -0.1) is 0 Å². The van der Waals surface area contributed by atoms with E-state index in [2.05, 4.69) is 0 Å². The van der Waals surface area contributed by atoms with Gasteiger partial charge in [-0.05, 0) is 26.7 Å². The van der Waals surface area contributed by atoms with Gasteiger partial charge in [0.15, 0.2) is 0 Å². The first kappa shape index (κ1) is 10.5. The molecule has 0 spiro atoms. The van der Waals surface area contributed by atoms with Gasteiger partial charge in [-0.1, -0.05) is 0 Å². The van der Waals surface area contributed by atoms with Gasteiger partial charge in [-0.25, -0.2) is 0 Å². The highest BCUT2D eigenvalue weighted by molar-refractivity contribution is 5.77. The molecule has 1 fully saturated rings. The molecule has 76 valence electrons. The van der Waals surface area contributed by atoms with Crippen LogP contribution >= 0.6 is 0 Å². The van der Waals surface area contributed by atoms with Crippen LogP contribution in [-0.4, -0.2) is 29.8 Å². The van der Waals surface area contributed by atoms with E-state index in [1.165, 1.54) is 0 Å². The summed E-state index contributed by atoms with van der Waals surface area (Å²) in [6, 6.07) is 0.0269. The lowest BCUT2D eigenvalue weighted by molar-refractivity contribution is -0.170. The zero-order valence-corrected chi connectivity index (χ0v) is 8.12. The molecule has 4 heteroatoms. The summed E-state index contributed by atoms with van der Waals surface area (Å²) in [5.41, 5.74) is 4.88. The number of hydrogen-bond donors (Lipinski definition) is 2. The number of carboxylic acid groups (broad SMARTS) is 1. The fourth-order valence-electron chi connectivity index (χ4n) is 1.97. The van der Waals surface area contributed by atoms with Crippen LogP contribution in [0, 0.1) is 5.41 Å². The van der Waals surface area contributed by atoms with Crippen LogP contribution in [0.4, 0.5) is 0 Å². The van der Waals surface area contributed by atoms with Gasteiger partial charge in [-0.3, -0.25) is 4.79 Å². The van der Waals surface area contributed by atoms with Crippen molar-refractivity contribution >= 4 is 5.97 Å². The van der Waals surface area contributed by atoms with E-state index in [-0.39, 0.29) is 12.1 Å². The lowest BCUT2D eigenvalue weighted by Gasteiger charge is -2.46. The summed E-state index contributed by atoms with van der Waals surface area (Å²) in [6.07, 6.45) is 0.822. The van der Waals surface area contributed by atoms with E-state index in [9.17, 15) is 4.79 Å². The minimum absolute atomic E-state index is 0.0269. The fraction of sp³-hybridized carbons (Fsp3) is 0.889. The second-order valence-corrected chi connectivity index (χ2v) is 3.73. The van der Waals surface area contributed by atoms with E-state index in [0.717, 1.165) is 0 Å². The number of aliphatic carboxylic acids is 1. The highest BCUT2D eigenvalue weighted by atomic mass is 16.5. The second kappa shape index (κ2) is 3.64. The van der Waals surface area contributed by atoms with E-state index in [4.69, 9.17) is 15.6 Å². The summed E-state index contributed by atoms with van der Waals surface area (Å²) in [5.74, 6) is -0.782. The Labute approximate surface area is 78.1 Å². The standard InChI is InChI=1S/C9H17NO3/c1-3-13-6(2)9(8(11)12)4-7(10)5-9/h6-7H,3-5,10H2,1-2H3,(H,11,12).